The standard InChI is InChI=1S/C16H14N4O2/c1-2-11-5-3-4-6-13(11)20-15(12-7-9-17-10-8-12)14(16(21)22)18-19-20/h3-10H,2H2,1H3,(H,21,22). The minimum absolute atomic E-state index is 0.0721. The second-order valence-corrected chi connectivity index (χ2v) is 4.72. The van der Waals surface area contributed by atoms with Crippen LogP contribution in [0, 0.1) is 0 Å². The van der Waals surface area contributed by atoms with Crippen LogP contribution in [0.3, 0.4) is 0 Å². The van der Waals surface area contributed by atoms with Crippen LogP contribution >= 0.6 is 0 Å². The summed E-state index contributed by atoms with van der Waals surface area (Å²) in [6, 6.07) is 11.2. The number of pyridine rings is 1. The highest BCUT2D eigenvalue weighted by atomic mass is 16.4. The van der Waals surface area contributed by atoms with Gasteiger partial charge in [-0.1, -0.05) is 30.3 Å². The lowest BCUT2D eigenvalue weighted by Crippen LogP contribution is -2.05. The van der Waals surface area contributed by atoms with E-state index in [0.29, 0.717) is 11.3 Å². The Morgan fingerprint density at radius 1 is 1.18 bits per heavy atom. The molecule has 2 aromatic heterocycles. The molecule has 3 aromatic rings. The number of hydrogen-bond acceptors (Lipinski definition) is 4. The molecule has 2 heterocycles. The molecule has 0 saturated carbocycles. The number of carboxylic acids is 1. The molecule has 110 valence electrons. The van der Waals surface area contributed by atoms with Crippen molar-refractivity contribution in [2.24, 2.45) is 0 Å². The maximum atomic E-state index is 11.5. The van der Waals surface area contributed by atoms with E-state index < -0.39 is 5.97 Å². The molecule has 6 nitrogen and oxygen atoms in total. The normalized spacial score (nSPS) is 10.6. The second-order valence-electron chi connectivity index (χ2n) is 4.72. The van der Waals surface area contributed by atoms with E-state index in [0.717, 1.165) is 17.7 Å². The Labute approximate surface area is 127 Å². The monoisotopic (exact) mass is 294 g/mol. The summed E-state index contributed by atoms with van der Waals surface area (Å²) < 4.78 is 1.58. The van der Waals surface area contributed by atoms with E-state index in [9.17, 15) is 9.90 Å². The van der Waals surface area contributed by atoms with Crippen molar-refractivity contribution in [3.63, 3.8) is 0 Å². The third kappa shape index (κ3) is 2.35. The van der Waals surface area contributed by atoms with Gasteiger partial charge in [-0.05, 0) is 30.2 Å². The Morgan fingerprint density at radius 2 is 1.91 bits per heavy atom. The van der Waals surface area contributed by atoms with Gasteiger partial charge in [-0.2, -0.15) is 0 Å². The van der Waals surface area contributed by atoms with Crippen LogP contribution in [0.5, 0.6) is 0 Å². The average Bonchev–Trinajstić information content (AvgIpc) is 3.00. The first-order chi connectivity index (χ1) is 10.7. The molecule has 1 aromatic carbocycles. The summed E-state index contributed by atoms with van der Waals surface area (Å²) >= 11 is 0. The number of aromatic nitrogens is 4. The molecule has 0 bridgehead atoms. The van der Waals surface area contributed by atoms with Crippen molar-refractivity contribution in [1.29, 1.82) is 0 Å². The smallest absolute Gasteiger partial charge is 0.358 e. The first-order valence-corrected chi connectivity index (χ1v) is 6.90. The zero-order valence-electron chi connectivity index (χ0n) is 12.0. The molecule has 0 atom stereocenters. The molecule has 0 aliphatic heterocycles. The molecule has 0 unspecified atom stereocenters. The summed E-state index contributed by atoms with van der Waals surface area (Å²) in [5.41, 5.74) is 2.99. The predicted molar refractivity (Wildman–Crippen MR) is 80.9 cm³/mol. The van der Waals surface area contributed by atoms with Crippen LogP contribution in [0.4, 0.5) is 0 Å². The molecule has 0 fully saturated rings. The third-order valence-corrected chi connectivity index (χ3v) is 3.43. The van der Waals surface area contributed by atoms with Gasteiger partial charge in [0.25, 0.3) is 0 Å². The van der Waals surface area contributed by atoms with Gasteiger partial charge in [0.05, 0.1) is 5.69 Å². The van der Waals surface area contributed by atoms with Crippen molar-refractivity contribution in [2.75, 3.05) is 0 Å². The van der Waals surface area contributed by atoms with Gasteiger partial charge in [-0.3, -0.25) is 4.98 Å². The summed E-state index contributed by atoms with van der Waals surface area (Å²) in [5, 5.41) is 17.3. The zero-order valence-corrected chi connectivity index (χ0v) is 12.0. The summed E-state index contributed by atoms with van der Waals surface area (Å²) in [6.07, 6.45) is 4.04. The number of carbonyl (C=O) groups is 1. The van der Waals surface area contributed by atoms with Crippen molar-refractivity contribution in [2.45, 2.75) is 13.3 Å². The van der Waals surface area contributed by atoms with Crippen LogP contribution in [0.1, 0.15) is 23.0 Å². The Morgan fingerprint density at radius 3 is 2.59 bits per heavy atom. The number of carboxylic acid groups (broad SMARTS) is 1. The van der Waals surface area contributed by atoms with E-state index in [1.807, 2.05) is 31.2 Å². The van der Waals surface area contributed by atoms with Crippen LogP contribution in [-0.4, -0.2) is 31.1 Å². The van der Waals surface area contributed by atoms with Gasteiger partial charge in [0, 0.05) is 18.0 Å². The fourth-order valence-corrected chi connectivity index (χ4v) is 2.38. The molecule has 0 spiro atoms. The van der Waals surface area contributed by atoms with Gasteiger partial charge in [-0.15, -0.1) is 5.10 Å². The summed E-state index contributed by atoms with van der Waals surface area (Å²) in [4.78, 5) is 15.4. The Kier molecular flexibility index (Phi) is 3.65. The number of aromatic carboxylic acids is 1. The summed E-state index contributed by atoms with van der Waals surface area (Å²) in [5.74, 6) is -1.10. The van der Waals surface area contributed by atoms with E-state index in [1.54, 1.807) is 29.2 Å². The van der Waals surface area contributed by atoms with Crippen LogP contribution in [-0.2, 0) is 6.42 Å². The van der Waals surface area contributed by atoms with Crippen molar-refractivity contribution in [3.8, 4) is 16.9 Å². The van der Waals surface area contributed by atoms with E-state index in [2.05, 4.69) is 15.3 Å². The number of hydrogen-bond donors (Lipinski definition) is 1. The summed E-state index contributed by atoms with van der Waals surface area (Å²) in [7, 11) is 0. The van der Waals surface area contributed by atoms with E-state index in [4.69, 9.17) is 0 Å². The molecule has 6 heteroatoms. The quantitative estimate of drug-likeness (QED) is 0.800. The van der Waals surface area contributed by atoms with E-state index in [-0.39, 0.29) is 5.69 Å². The number of nitrogens with zero attached hydrogens (tertiary/aromatic N) is 4. The molecule has 0 aliphatic carbocycles. The van der Waals surface area contributed by atoms with Gasteiger partial charge in [0.2, 0.25) is 0 Å². The molecular weight excluding hydrogens is 280 g/mol. The van der Waals surface area contributed by atoms with Crippen molar-refractivity contribution < 1.29 is 9.90 Å². The SMILES string of the molecule is CCc1ccccc1-n1nnc(C(=O)O)c1-c1ccncc1. The molecule has 0 radical (unpaired) electrons. The molecule has 1 N–H and O–H groups in total. The first-order valence-electron chi connectivity index (χ1n) is 6.90. The Hall–Kier alpha value is -3.02. The third-order valence-electron chi connectivity index (χ3n) is 3.43. The lowest BCUT2D eigenvalue weighted by molar-refractivity contribution is 0.0691. The topological polar surface area (TPSA) is 80.9 Å². The molecule has 0 saturated heterocycles. The molecule has 3 rings (SSSR count). The van der Waals surface area contributed by atoms with Crippen molar-refractivity contribution in [1.82, 2.24) is 20.0 Å². The van der Waals surface area contributed by atoms with Crippen LogP contribution < -0.4 is 0 Å². The lowest BCUT2D eigenvalue weighted by Gasteiger charge is -2.10. The number of rotatable bonds is 4. The molecule has 0 amide bonds. The van der Waals surface area contributed by atoms with Gasteiger partial charge >= 0.3 is 5.97 Å². The van der Waals surface area contributed by atoms with Crippen molar-refractivity contribution >= 4 is 5.97 Å². The number of aryl methyl sites for hydroxylation is 1. The highest BCUT2D eigenvalue weighted by molar-refractivity contribution is 5.93. The van der Waals surface area contributed by atoms with Crippen LogP contribution in [0.2, 0.25) is 0 Å². The fraction of sp³-hybridized carbons (Fsp3) is 0.125. The largest absolute Gasteiger partial charge is 0.476 e. The maximum Gasteiger partial charge on any atom is 0.358 e. The minimum Gasteiger partial charge on any atom is -0.476 e. The molecular formula is C16H14N4O2. The van der Waals surface area contributed by atoms with Gasteiger partial charge in [0.1, 0.15) is 5.69 Å². The van der Waals surface area contributed by atoms with Crippen LogP contribution in [0.15, 0.2) is 48.8 Å². The average molecular weight is 294 g/mol. The summed E-state index contributed by atoms with van der Waals surface area (Å²) in [6.45, 7) is 2.04. The second kappa shape index (κ2) is 5.77. The van der Waals surface area contributed by atoms with E-state index in [1.165, 1.54) is 0 Å². The zero-order chi connectivity index (χ0) is 15.5. The number of para-hydroxylation sites is 1. The molecule has 0 aliphatic rings. The Balaban J connectivity index is 2.28. The molecule has 22 heavy (non-hydrogen) atoms. The van der Waals surface area contributed by atoms with E-state index >= 15 is 0 Å². The van der Waals surface area contributed by atoms with Gasteiger partial charge in [0.15, 0.2) is 5.69 Å². The van der Waals surface area contributed by atoms with Crippen LogP contribution in [0.25, 0.3) is 16.9 Å². The fourth-order valence-electron chi connectivity index (χ4n) is 2.38. The highest BCUT2D eigenvalue weighted by Gasteiger charge is 2.22. The van der Waals surface area contributed by atoms with Gasteiger partial charge < -0.3 is 5.11 Å². The first kappa shape index (κ1) is 13.9. The predicted octanol–water partition coefficient (Wildman–Crippen LogP) is 2.59. The lowest BCUT2D eigenvalue weighted by atomic mass is 10.1. The number of benzene rings is 1. The minimum atomic E-state index is -1.10. The van der Waals surface area contributed by atoms with Crippen molar-refractivity contribution in [3.05, 3.63) is 60.0 Å². The maximum absolute atomic E-state index is 11.5. The Bertz CT molecular complexity index is 812. The highest BCUT2D eigenvalue weighted by Crippen LogP contribution is 2.26. The van der Waals surface area contributed by atoms with Gasteiger partial charge in [-0.25, -0.2) is 9.48 Å².